The quantitative estimate of drug-likeness (QED) is 0.131. The van der Waals surface area contributed by atoms with Gasteiger partial charge in [0, 0.05) is 10.4 Å². The van der Waals surface area contributed by atoms with Crippen molar-refractivity contribution in [3.63, 3.8) is 0 Å². The SMILES string of the molecule is O=S(=O)([O-])[O-].OO.S.[H+].[Na+]. The van der Waals surface area contributed by atoms with Crippen LogP contribution in [0.4, 0.5) is 0 Å². The van der Waals surface area contributed by atoms with E-state index in [9.17, 15) is 0 Å². The van der Waals surface area contributed by atoms with E-state index in [1.807, 2.05) is 0 Å². The maximum Gasteiger partial charge on any atom is 1.00 e. The minimum Gasteiger partial charge on any atom is -0.759 e. The summed E-state index contributed by atoms with van der Waals surface area (Å²) in [5.74, 6) is 0. The Morgan fingerprint density at radius 1 is 1.22 bits per heavy atom. The summed E-state index contributed by atoms with van der Waals surface area (Å²) < 4.78 is 34.1. The Balaban J connectivity index is -0.0000000154. The molecule has 0 atom stereocenters. The van der Waals surface area contributed by atoms with Crippen LogP contribution in [-0.4, -0.2) is 28.0 Å². The van der Waals surface area contributed by atoms with Gasteiger partial charge in [-0.1, -0.05) is 0 Å². The zero-order valence-electron chi connectivity index (χ0n) is 5.44. The molecule has 0 spiro atoms. The second-order valence-electron chi connectivity index (χ2n) is 0.408. The predicted molar refractivity (Wildman–Crippen MR) is 27.2 cm³/mol. The van der Waals surface area contributed by atoms with Gasteiger partial charge in [-0.3, -0.25) is 18.9 Å². The zero-order valence-corrected chi connectivity index (χ0v) is 8.25. The molecule has 0 unspecified atom stereocenters. The van der Waals surface area contributed by atoms with Gasteiger partial charge in [0.2, 0.25) is 0 Å². The van der Waals surface area contributed by atoms with Crippen LogP contribution in [-0.2, 0) is 10.4 Å². The molecule has 0 radical (unpaired) electrons. The smallest absolute Gasteiger partial charge is 0.759 e. The second-order valence-corrected chi connectivity index (χ2v) is 1.22. The maximum atomic E-state index is 8.52. The third kappa shape index (κ3) is 359. The van der Waals surface area contributed by atoms with Gasteiger partial charge >= 0.3 is 31.0 Å². The summed E-state index contributed by atoms with van der Waals surface area (Å²) in [7, 11) is -5.17. The molecule has 0 aromatic rings. The van der Waals surface area contributed by atoms with Crippen molar-refractivity contribution in [2.45, 2.75) is 0 Å². The van der Waals surface area contributed by atoms with Crippen molar-refractivity contribution < 1.29 is 59.0 Å². The molecular formula is H5NaO6S2. The van der Waals surface area contributed by atoms with Gasteiger partial charge in [0.25, 0.3) is 0 Å². The van der Waals surface area contributed by atoms with Gasteiger partial charge < -0.3 is 9.11 Å². The first-order valence-electron chi connectivity index (χ1n) is 0.867. The molecule has 9 heavy (non-hydrogen) atoms. The minimum absolute atomic E-state index is 0. The van der Waals surface area contributed by atoms with E-state index in [2.05, 4.69) is 0 Å². The van der Waals surface area contributed by atoms with E-state index in [1.54, 1.807) is 0 Å². The molecule has 0 aliphatic heterocycles. The Bertz CT molecular complexity index is 98.9. The van der Waals surface area contributed by atoms with Gasteiger partial charge in [-0.25, -0.2) is 0 Å². The van der Waals surface area contributed by atoms with E-state index >= 15 is 0 Å². The van der Waals surface area contributed by atoms with Crippen molar-refractivity contribution >= 4 is 23.9 Å². The van der Waals surface area contributed by atoms with Crippen LogP contribution in [0.1, 0.15) is 1.43 Å². The molecule has 0 heterocycles. The molecule has 2 N–H and O–H groups in total. The average molecular weight is 188 g/mol. The normalized spacial score (nSPS) is 7.11. The summed E-state index contributed by atoms with van der Waals surface area (Å²) in [5, 5.41) is 12.0. The molecule has 0 aromatic heterocycles. The van der Waals surface area contributed by atoms with Crippen LogP contribution >= 0.6 is 13.5 Å². The summed E-state index contributed by atoms with van der Waals surface area (Å²) in [6.07, 6.45) is 0. The Labute approximate surface area is 82.6 Å². The van der Waals surface area contributed by atoms with Crippen molar-refractivity contribution in [2.24, 2.45) is 0 Å². The van der Waals surface area contributed by atoms with Gasteiger partial charge in [-0.2, -0.15) is 13.5 Å². The average Bonchev–Trinajstić information content (AvgIpc) is 1.36. The molecule has 0 rings (SSSR count). The van der Waals surface area contributed by atoms with E-state index in [0.29, 0.717) is 0 Å². The Morgan fingerprint density at radius 2 is 1.22 bits per heavy atom. The van der Waals surface area contributed by atoms with Crippen molar-refractivity contribution in [3.05, 3.63) is 0 Å². The van der Waals surface area contributed by atoms with E-state index in [4.69, 9.17) is 28.0 Å². The molecule has 9 heteroatoms. The molecule has 0 amide bonds. The van der Waals surface area contributed by atoms with Gasteiger partial charge in [0.15, 0.2) is 0 Å². The van der Waals surface area contributed by atoms with Crippen LogP contribution < -0.4 is 29.6 Å². The van der Waals surface area contributed by atoms with Crippen molar-refractivity contribution in [2.75, 3.05) is 0 Å². The molecule has 6 nitrogen and oxygen atoms in total. The summed E-state index contributed by atoms with van der Waals surface area (Å²) in [6, 6.07) is 0. The van der Waals surface area contributed by atoms with Gasteiger partial charge in [0.1, 0.15) is 0 Å². The monoisotopic (exact) mass is 188 g/mol. The molecular weight excluding hydrogens is 183 g/mol. The third-order valence-corrected chi connectivity index (χ3v) is 0. The van der Waals surface area contributed by atoms with E-state index < -0.39 is 10.4 Å². The fourth-order valence-corrected chi connectivity index (χ4v) is 0. The van der Waals surface area contributed by atoms with E-state index in [1.165, 1.54) is 0 Å². The van der Waals surface area contributed by atoms with Gasteiger partial charge in [-0.15, -0.1) is 0 Å². The first-order valence-corrected chi connectivity index (χ1v) is 2.20. The summed E-state index contributed by atoms with van der Waals surface area (Å²) in [6.45, 7) is 0. The summed E-state index contributed by atoms with van der Waals surface area (Å²) in [4.78, 5) is 0. The Kier molecular flexibility index (Phi) is 29.7. The molecule has 54 valence electrons. The number of rotatable bonds is 0. The Hall–Kier alpha value is 1.14. The molecule has 0 aliphatic rings. The van der Waals surface area contributed by atoms with E-state index in [0.717, 1.165) is 0 Å². The first kappa shape index (κ1) is 22.5. The maximum absolute atomic E-state index is 8.52. The fourth-order valence-electron chi connectivity index (χ4n) is 0. The molecule has 0 aliphatic carbocycles. The van der Waals surface area contributed by atoms with Crippen LogP contribution in [0, 0.1) is 0 Å². The van der Waals surface area contributed by atoms with E-state index in [-0.39, 0.29) is 44.5 Å². The fraction of sp³-hybridized carbons (Fsp3) is 0. The van der Waals surface area contributed by atoms with Crippen molar-refractivity contribution in [1.29, 1.82) is 0 Å². The minimum atomic E-state index is -5.17. The topological polar surface area (TPSA) is 121 Å². The predicted octanol–water partition coefficient (Wildman–Crippen LogP) is -4.09. The van der Waals surface area contributed by atoms with Gasteiger partial charge in [0.05, 0.1) is 0 Å². The zero-order chi connectivity index (χ0) is 6.50. The molecule has 0 fully saturated rings. The summed E-state index contributed by atoms with van der Waals surface area (Å²) >= 11 is 0. The molecule has 0 aromatic carbocycles. The largest absolute Gasteiger partial charge is 1.00 e. The molecule has 0 saturated heterocycles. The van der Waals surface area contributed by atoms with Gasteiger partial charge in [-0.05, 0) is 0 Å². The summed E-state index contributed by atoms with van der Waals surface area (Å²) in [5.41, 5.74) is 0. The molecule has 0 bridgehead atoms. The van der Waals surface area contributed by atoms with Crippen LogP contribution in [0.25, 0.3) is 0 Å². The Morgan fingerprint density at radius 3 is 1.22 bits per heavy atom. The van der Waals surface area contributed by atoms with Crippen LogP contribution in [0.3, 0.4) is 0 Å². The molecule has 0 saturated carbocycles. The number of hydrogen-bond donors (Lipinski definition) is 2. The first-order chi connectivity index (χ1) is 3.00. The van der Waals surface area contributed by atoms with Crippen molar-refractivity contribution in [1.82, 2.24) is 0 Å². The third-order valence-electron chi connectivity index (χ3n) is 0. The van der Waals surface area contributed by atoms with Crippen LogP contribution in [0.5, 0.6) is 0 Å². The van der Waals surface area contributed by atoms with Crippen molar-refractivity contribution in [3.8, 4) is 0 Å². The van der Waals surface area contributed by atoms with Crippen LogP contribution in [0.15, 0.2) is 0 Å². The second kappa shape index (κ2) is 11.9. The number of hydrogen-bond acceptors (Lipinski definition) is 6. The van der Waals surface area contributed by atoms with Crippen LogP contribution in [0.2, 0.25) is 0 Å². The standard InChI is InChI=1S/Na.H2O4S.H2O2.H2S/c;1-5(2,3)4;1-2;/h;(H2,1,2,3,4);1-2H;1H2/q+1;;;/p-1.